The summed E-state index contributed by atoms with van der Waals surface area (Å²) in [5.41, 5.74) is 7.96. The van der Waals surface area contributed by atoms with Crippen LogP contribution in [-0.2, 0) is 51.7 Å². The quantitative estimate of drug-likeness (QED) is 0.0111. The second-order valence-electron chi connectivity index (χ2n) is 13.7. The SMILES string of the molecule is C.C.C.C.COP(c1ccccc1)c1ccccc1.O=P(NCCOCCOCCOCCO)(c1ccccc1)c1ccccc1.OCCOCCOCCOCCO.[N-]=[N+]=NCCOCCOCCOCCO. The Bertz CT molecular complexity index is 1710. The molecule has 74 heavy (non-hydrogen) atoms. The van der Waals surface area contributed by atoms with Crippen LogP contribution in [-0.4, -0.2) is 186 Å². The molecule has 0 aliphatic carbocycles. The number of benzene rings is 4. The molecule has 0 bridgehead atoms. The van der Waals surface area contributed by atoms with Crippen molar-refractivity contribution in [3.63, 3.8) is 0 Å². The number of hydrogen-bond donors (Lipinski definition) is 5. The Labute approximate surface area is 444 Å². The first-order valence-electron chi connectivity index (χ1n) is 23.1. The van der Waals surface area contributed by atoms with Crippen LogP contribution in [0.15, 0.2) is 126 Å². The maximum absolute atomic E-state index is 13.7. The minimum absolute atomic E-state index is 0. The minimum atomic E-state index is -2.90. The highest BCUT2D eigenvalue weighted by Gasteiger charge is 2.26. The number of hydrogen-bond acceptors (Lipinski definition) is 16. The van der Waals surface area contributed by atoms with Crippen LogP contribution in [0.25, 0.3) is 10.4 Å². The lowest BCUT2D eigenvalue weighted by molar-refractivity contribution is 0.00230. The third-order valence-electron chi connectivity index (χ3n) is 8.56. The summed E-state index contributed by atoms with van der Waals surface area (Å²) in [6.45, 7) is 8.92. The Kier molecular flexibility index (Phi) is 60.7. The third-order valence-corrected chi connectivity index (χ3v) is 13.2. The van der Waals surface area contributed by atoms with Crippen molar-refractivity contribution in [2.75, 3.05) is 166 Å². The molecule has 0 saturated heterocycles. The third kappa shape index (κ3) is 41.5. The molecule has 0 aliphatic heterocycles. The molecule has 4 aromatic carbocycles. The van der Waals surface area contributed by atoms with Gasteiger partial charge in [0.25, 0.3) is 0 Å². The first-order valence-corrected chi connectivity index (χ1v) is 26.0. The molecule has 0 amide bonds. The Morgan fingerprint density at radius 2 is 0.716 bits per heavy atom. The highest BCUT2D eigenvalue weighted by molar-refractivity contribution is 7.76. The average Bonchev–Trinajstić information content (AvgIpc) is 3.41. The summed E-state index contributed by atoms with van der Waals surface area (Å²) < 4.78 is 65.5. The lowest BCUT2D eigenvalue weighted by Crippen LogP contribution is -2.30. The van der Waals surface area contributed by atoms with Gasteiger partial charge in [0.1, 0.15) is 0 Å². The fraction of sp³-hybridized carbons (Fsp3) is 0.547. The molecule has 4 rings (SSSR count). The van der Waals surface area contributed by atoms with E-state index in [2.05, 4.69) is 39.4 Å². The number of aliphatic hydroxyl groups is 4. The van der Waals surface area contributed by atoms with Crippen LogP contribution in [0.4, 0.5) is 0 Å². The normalized spacial score (nSPS) is 10.2. The van der Waals surface area contributed by atoms with E-state index in [1.165, 1.54) is 10.6 Å². The summed E-state index contributed by atoms with van der Waals surface area (Å²) in [6, 6.07) is 39.6. The molecule has 0 fully saturated rings. The van der Waals surface area contributed by atoms with Crippen molar-refractivity contribution in [2.45, 2.75) is 29.7 Å². The molecule has 19 nitrogen and oxygen atoms in total. The monoisotopic (exact) mass is 1090 g/mol. The Morgan fingerprint density at radius 1 is 0.446 bits per heavy atom. The van der Waals surface area contributed by atoms with Gasteiger partial charge in [-0.05, 0) is 29.8 Å². The summed E-state index contributed by atoms with van der Waals surface area (Å²) in [4.78, 5) is 2.59. The van der Waals surface area contributed by atoms with Gasteiger partial charge in [-0.25, -0.2) is 0 Å². The zero-order valence-corrected chi connectivity index (χ0v) is 42.3. The van der Waals surface area contributed by atoms with Gasteiger partial charge in [-0.2, -0.15) is 0 Å². The Hall–Kier alpha value is -3.75. The van der Waals surface area contributed by atoms with E-state index in [1.807, 2.05) is 97.1 Å². The van der Waals surface area contributed by atoms with Crippen LogP contribution < -0.4 is 26.3 Å². The summed E-state index contributed by atoms with van der Waals surface area (Å²) in [5.74, 6) is 0. The molecule has 424 valence electrons. The van der Waals surface area contributed by atoms with E-state index in [0.29, 0.717) is 132 Å². The molecule has 0 radical (unpaired) electrons. The maximum Gasteiger partial charge on any atom is 0.204 e. The number of azide groups is 1. The second kappa shape index (κ2) is 58.5. The van der Waals surface area contributed by atoms with E-state index in [4.69, 9.17) is 73.1 Å². The van der Waals surface area contributed by atoms with Gasteiger partial charge in [0, 0.05) is 46.3 Å². The molecule has 4 aromatic rings. The van der Waals surface area contributed by atoms with Crippen molar-refractivity contribution >= 4 is 36.7 Å². The number of nitrogens with one attached hydrogen (secondary N) is 1. The molecule has 0 atom stereocenters. The van der Waals surface area contributed by atoms with Gasteiger partial charge >= 0.3 is 0 Å². The number of ether oxygens (including phenoxy) is 9. The lowest BCUT2D eigenvalue weighted by Gasteiger charge is -2.20. The van der Waals surface area contributed by atoms with Gasteiger partial charge in [-0.1, -0.05) is 132 Å². The zero-order chi connectivity index (χ0) is 50.7. The largest absolute Gasteiger partial charge is 0.394 e. The standard InChI is InChI=1S/C20H28NO5P.C13H13OP.C8H17N3O4.C8H18O5.4CH4/c22-12-14-25-16-18-26-17-15-24-13-11-21-27(23,19-7-3-1-4-8-19)20-9-5-2-6-10-20;1-14-15(12-8-4-2-5-9-12)13-10-6-3-7-11-13;9-11-10-1-3-13-5-7-15-8-6-14-4-2-12;9-1-3-11-5-7-13-8-6-12-4-2-10;;;;/h1-10,22H,11-18H2,(H,21,23);2-11H,1H3;12H,1-8H2;9-10H,1-8H2;4*1H4. The van der Waals surface area contributed by atoms with E-state index >= 15 is 0 Å². The van der Waals surface area contributed by atoms with Crippen LogP contribution in [0.5, 0.6) is 0 Å². The van der Waals surface area contributed by atoms with Crippen molar-refractivity contribution < 1.29 is 72.1 Å². The van der Waals surface area contributed by atoms with Crippen molar-refractivity contribution in [3.8, 4) is 0 Å². The highest BCUT2D eigenvalue weighted by Crippen LogP contribution is 2.38. The molecule has 0 aliphatic rings. The van der Waals surface area contributed by atoms with Gasteiger partial charge in [-0.15, -0.1) is 0 Å². The van der Waals surface area contributed by atoms with Crippen molar-refractivity contribution in [1.82, 2.24) is 5.09 Å². The van der Waals surface area contributed by atoms with Gasteiger partial charge in [-0.3, -0.25) is 9.65 Å². The first kappa shape index (κ1) is 76.8. The van der Waals surface area contributed by atoms with Crippen LogP contribution in [0.2, 0.25) is 0 Å². The second-order valence-corrected chi connectivity index (χ2v) is 18.3. The smallest absolute Gasteiger partial charge is 0.204 e. The van der Waals surface area contributed by atoms with Crippen LogP contribution in [0.1, 0.15) is 29.7 Å². The first-order chi connectivity index (χ1) is 34.5. The van der Waals surface area contributed by atoms with Gasteiger partial charge in [0.2, 0.25) is 7.29 Å². The molecule has 0 saturated carbocycles. The van der Waals surface area contributed by atoms with E-state index < -0.39 is 15.4 Å². The van der Waals surface area contributed by atoms with E-state index in [9.17, 15) is 4.57 Å². The molecular formula is C53H92N4O15P2. The van der Waals surface area contributed by atoms with Crippen molar-refractivity contribution in [2.24, 2.45) is 5.11 Å². The van der Waals surface area contributed by atoms with E-state index in [0.717, 1.165) is 10.6 Å². The molecular weight excluding hydrogens is 995 g/mol. The predicted molar refractivity (Wildman–Crippen MR) is 300 cm³/mol. The number of aliphatic hydroxyl groups excluding tert-OH is 4. The molecule has 21 heteroatoms. The van der Waals surface area contributed by atoms with Gasteiger partial charge in [0.05, 0.1) is 153 Å². The van der Waals surface area contributed by atoms with Crippen molar-refractivity contribution in [3.05, 3.63) is 132 Å². The zero-order valence-electron chi connectivity index (χ0n) is 40.5. The molecule has 0 aromatic heterocycles. The summed E-state index contributed by atoms with van der Waals surface area (Å²) in [6.07, 6.45) is 0. The topological polar surface area (TPSA) is 251 Å². The van der Waals surface area contributed by atoms with E-state index in [1.54, 1.807) is 7.11 Å². The number of nitrogens with zero attached hydrogens (tertiary/aromatic N) is 3. The molecule has 0 spiro atoms. The van der Waals surface area contributed by atoms with Crippen molar-refractivity contribution in [1.29, 1.82) is 0 Å². The highest BCUT2D eigenvalue weighted by atomic mass is 31.2. The van der Waals surface area contributed by atoms with Crippen LogP contribution in [0, 0.1) is 0 Å². The van der Waals surface area contributed by atoms with Gasteiger partial charge in [0.15, 0.2) is 0 Å². The summed E-state index contributed by atoms with van der Waals surface area (Å²) in [5, 5.41) is 44.3. The Balaban J connectivity index is -0.000000455. The maximum atomic E-state index is 13.7. The Morgan fingerprint density at radius 3 is 1.00 bits per heavy atom. The molecule has 0 heterocycles. The lowest BCUT2D eigenvalue weighted by atomic mass is 10.4. The fourth-order valence-corrected chi connectivity index (χ4v) is 9.26. The predicted octanol–water partition coefficient (Wildman–Crippen LogP) is 6.13. The van der Waals surface area contributed by atoms with Gasteiger partial charge < -0.3 is 67.6 Å². The van der Waals surface area contributed by atoms with E-state index in [-0.39, 0.29) is 56.1 Å². The number of rotatable bonds is 38. The molecule has 0 unspecified atom stereocenters. The summed E-state index contributed by atoms with van der Waals surface area (Å²) in [7, 11) is -1.78. The fourth-order valence-electron chi connectivity index (χ4n) is 5.40. The minimum Gasteiger partial charge on any atom is -0.394 e. The van der Waals surface area contributed by atoms with Crippen LogP contribution >= 0.6 is 15.4 Å². The molecule has 5 N–H and O–H groups in total. The average molecular weight is 1090 g/mol. The summed E-state index contributed by atoms with van der Waals surface area (Å²) >= 11 is 0. The van der Waals surface area contributed by atoms with Crippen LogP contribution in [0.3, 0.4) is 0 Å².